The van der Waals surface area contributed by atoms with Crippen LogP contribution in [0.25, 0.3) is 0 Å². The summed E-state index contributed by atoms with van der Waals surface area (Å²) < 4.78 is 14.8. The fraction of sp³-hybridized carbons (Fsp3) is 0.417. The number of benzene rings is 1. The Bertz CT molecular complexity index is 533. The summed E-state index contributed by atoms with van der Waals surface area (Å²) in [7, 11) is 2.72. The Kier molecular flexibility index (Phi) is 5.88. The van der Waals surface area contributed by atoms with Crippen LogP contribution in [0, 0.1) is 10.1 Å². The van der Waals surface area contributed by atoms with E-state index < -0.39 is 23.5 Å². The molecule has 0 aliphatic carbocycles. The molecule has 1 rings (SSSR count). The van der Waals surface area contributed by atoms with Crippen LogP contribution in [-0.2, 0) is 16.1 Å². The Hall–Kier alpha value is -2.39. The largest absolute Gasteiger partial charge is 0.493 e. The van der Waals surface area contributed by atoms with Crippen molar-refractivity contribution in [3.8, 4) is 11.5 Å². The molecule has 0 saturated heterocycles. The number of esters is 1. The Labute approximate surface area is 120 Å². The Morgan fingerprint density at radius 1 is 1.38 bits per heavy atom. The van der Waals surface area contributed by atoms with Gasteiger partial charge in [0, 0.05) is 0 Å². The zero-order chi connectivity index (χ0) is 16.0. The number of nitrogens with zero attached hydrogens (tertiary/aromatic N) is 1. The molecule has 0 fully saturated rings. The lowest BCUT2D eigenvalue weighted by molar-refractivity contribution is -0.385. The molecule has 1 atom stereocenters. The Morgan fingerprint density at radius 3 is 2.43 bits per heavy atom. The number of aliphatic hydroxyl groups excluding tert-OH is 1. The van der Waals surface area contributed by atoms with Gasteiger partial charge in [0.25, 0.3) is 5.69 Å². The monoisotopic (exact) mass is 300 g/mol. The molecule has 0 aromatic heterocycles. The highest BCUT2D eigenvalue weighted by atomic mass is 16.6. The molecule has 3 N–H and O–H groups in total. The van der Waals surface area contributed by atoms with Crippen LogP contribution in [0.4, 0.5) is 5.69 Å². The quantitative estimate of drug-likeness (QED) is 0.407. The van der Waals surface area contributed by atoms with E-state index >= 15 is 0 Å². The number of nitro groups is 1. The predicted molar refractivity (Wildman–Crippen MR) is 71.1 cm³/mol. The van der Waals surface area contributed by atoms with Crippen LogP contribution < -0.4 is 15.2 Å². The van der Waals surface area contributed by atoms with Crippen LogP contribution in [0.15, 0.2) is 12.1 Å². The van der Waals surface area contributed by atoms with Gasteiger partial charge in [0.1, 0.15) is 12.6 Å². The molecule has 0 aliphatic heterocycles. The minimum atomic E-state index is -1.19. The standard InChI is InChI=1S/C12H16N2O7/c1-19-10-3-7(6-21-12(16)8(13)5-15)9(14(17)18)4-11(10)20-2/h3-4,8,15H,5-6,13H2,1-2H3/t8-/m0/s1. The molecule has 21 heavy (non-hydrogen) atoms. The van der Waals surface area contributed by atoms with Gasteiger partial charge in [0.2, 0.25) is 0 Å². The molecule has 0 aliphatic rings. The van der Waals surface area contributed by atoms with E-state index in [1.165, 1.54) is 26.4 Å². The molecule has 116 valence electrons. The summed E-state index contributed by atoms with van der Waals surface area (Å²) in [5.74, 6) is -0.409. The average molecular weight is 300 g/mol. The third kappa shape index (κ3) is 4.04. The molecule has 9 nitrogen and oxygen atoms in total. The van der Waals surface area contributed by atoms with Crippen LogP contribution in [0.5, 0.6) is 11.5 Å². The molecule has 0 spiro atoms. The van der Waals surface area contributed by atoms with Gasteiger partial charge in [-0.05, 0) is 6.07 Å². The van der Waals surface area contributed by atoms with Crippen molar-refractivity contribution in [2.75, 3.05) is 20.8 Å². The summed E-state index contributed by atoms with van der Waals surface area (Å²) in [6.45, 7) is -0.948. The van der Waals surface area contributed by atoms with Crippen LogP contribution in [0.2, 0.25) is 0 Å². The molecule has 1 aromatic carbocycles. The molecule has 1 aromatic rings. The van der Waals surface area contributed by atoms with Gasteiger partial charge in [-0.25, -0.2) is 0 Å². The van der Waals surface area contributed by atoms with Crippen molar-refractivity contribution < 1.29 is 29.0 Å². The van der Waals surface area contributed by atoms with E-state index in [0.29, 0.717) is 0 Å². The first-order valence-corrected chi connectivity index (χ1v) is 5.87. The summed E-state index contributed by atoms with van der Waals surface area (Å²) >= 11 is 0. The molecule has 0 amide bonds. The molecular formula is C12H16N2O7. The number of hydrogen-bond donors (Lipinski definition) is 2. The first-order valence-electron chi connectivity index (χ1n) is 5.87. The normalized spacial score (nSPS) is 11.6. The highest BCUT2D eigenvalue weighted by molar-refractivity contribution is 5.75. The van der Waals surface area contributed by atoms with Gasteiger partial charge in [-0.2, -0.15) is 0 Å². The van der Waals surface area contributed by atoms with E-state index in [4.69, 9.17) is 25.1 Å². The summed E-state index contributed by atoms with van der Waals surface area (Å²) in [6, 6.07) is 1.33. The number of hydrogen-bond acceptors (Lipinski definition) is 8. The molecule has 0 heterocycles. The van der Waals surface area contributed by atoms with Crippen LogP contribution in [0.1, 0.15) is 5.56 Å². The van der Waals surface area contributed by atoms with E-state index in [2.05, 4.69) is 0 Å². The first-order chi connectivity index (χ1) is 9.94. The maximum Gasteiger partial charge on any atom is 0.325 e. The van der Waals surface area contributed by atoms with Crippen molar-refractivity contribution in [1.82, 2.24) is 0 Å². The lowest BCUT2D eigenvalue weighted by Gasteiger charge is -2.12. The number of nitrogens with two attached hydrogens (primary N) is 1. The second-order valence-corrected chi connectivity index (χ2v) is 3.99. The van der Waals surface area contributed by atoms with Crippen LogP contribution in [0.3, 0.4) is 0 Å². The van der Waals surface area contributed by atoms with Crippen molar-refractivity contribution in [2.45, 2.75) is 12.6 Å². The number of carbonyl (C=O) groups is 1. The topological polar surface area (TPSA) is 134 Å². The first kappa shape index (κ1) is 16.7. The van der Waals surface area contributed by atoms with E-state index in [0.717, 1.165) is 0 Å². The molecule has 9 heteroatoms. The second kappa shape index (κ2) is 7.41. The molecule has 0 saturated carbocycles. The van der Waals surface area contributed by atoms with Gasteiger partial charge in [0.15, 0.2) is 11.5 Å². The van der Waals surface area contributed by atoms with Gasteiger partial charge < -0.3 is 25.1 Å². The van der Waals surface area contributed by atoms with Gasteiger partial charge in [0.05, 0.1) is 37.4 Å². The van der Waals surface area contributed by atoms with Gasteiger partial charge >= 0.3 is 5.97 Å². The Balaban J connectivity index is 3.04. The lowest BCUT2D eigenvalue weighted by Crippen LogP contribution is -2.35. The minimum absolute atomic E-state index is 0.121. The predicted octanol–water partition coefficient (Wildman–Crippen LogP) is -0.0252. The summed E-state index contributed by atoms with van der Waals surface area (Å²) in [5, 5.41) is 19.8. The maximum absolute atomic E-state index is 11.4. The third-order valence-electron chi connectivity index (χ3n) is 2.65. The number of nitro benzene ring substituents is 1. The van der Waals surface area contributed by atoms with E-state index in [1.807, 2.05) is 0 Å². The average Bonchev–Trinajstić information content (AvgIpc) is 2.50. The summed E-state index contributed by atoms with van der Waals surface area (Å²) in [6.07, 6.45) is 0. The highest BCUT2D eigenvalue weighted by Gasteiger charge is 2.22. The van der Waals surface area contributed by atoms with E-state index in [1.54, 1.807) is 0 Å². The molecule has 0 radical (unpaired) electrons. The van der Waals surface area contributed by atoms with Crippen molar-refractivity contribution in [1.29, 1.82) is 0 Å². The zero-order valence-corrected chi connectivity index (χ0v) is 11.6. The molecular weight excluding hydrogens is 284 g/mol. The number of rotatable bonds is 7. The lowest BCUT2D eigenvalue weighted by atomic mass is 10.1. The zero-order valence-electron chi connectivity index (χ0n) is 11.6. The van der Waals surface area contributed by atoms with E-state index in [9.17, 15) is 14.9 Å². The fourth-order valence-corrected chi connectivity index (χ4v) is 1.53. The van der Waals surface area contributed by atoms with E-state index in [-0.39, 0.29) is 29.4 Å². The summed E-state index contributed by atoms with van der Waals surface area (Å²) in [5.41, 5.74) is 5.12. The van der Waals surface area contributed by atoms with Crippen molar-refractivity contribution >= 4 is 11.7 Å². The molecule has 0 unspecified atom stereocenters. The van der Waals surface area contributed by atoms with Gasteiger partial charge in [-0.15, -0.1) is 0 Å². The number of aliphatic hydroxyl groups is 1. The number of carbonyl (C=O) groups excluding carboxylic acids is 1. The second-order valence-electron chi connectivity index (χ2n) is 3.99. The smallest absolute Gasteiger partial charge is 0.325 e. The minimum Gasteiger partial charge on any atom is -0.493 e. The van der Waals surface area contributed by atoms with Crippen molar-refractivity contribution in [3.05, 3.63) is 27.8 Å². The number of methoxy groups -OCH3 is 2. The van der Waals surface area contributed by atoms with Gasteiger partial charge in [-0.3, -0.25) is 14.9 Å². The van der Waals surface area contributed by atoms with Crippen LogP contribution in [-0.4, -0.2) is 42.9 Å². The number of ether oxygens (including phenoxy) is 3. The van der Waals surface area contributed by atoms with Crippen LogP contribution >= 0.6 is 0 Å². The third-order valence-corrected chi connectivity index (χ3v) is 2.65. The summed E-state index contributed by atoms with van der Waals surface area (Å²) in [4.78, 5) is 21.8. The van der Waals surface area contributed by atoms with Gasteiger partial charge in [-0.1, -0.05) is 0 Å². The highest BCUT2D eigenvalue weighted by Crippen LogP contribution is 2.34. The fourth-order valence-electron chi connectivity index (χ4n) is 1.53. The maximum atomic E-state index is 11.4. The SMILES string of the molecule is COc1cc(COC(=O)[C@@H](N)CO)c([N+](=O)[O-])cc1OC. The van der Waals surface area contributed by atoms with Crippen molar-refractivity contribution in [3.63, 3.8) is 0 Å². The Morgan fingerprint density at radius 2 is 1.95 bits per heavy atom. The molecule has 0 bridgehead atoms. The van der Waals surface area contributed by atoms with Crippen molar-refractivity contribution in [2.24, 2.45) is 5.73 Å².